The fourth-order valence-corrected chi connectivity index (χ4v) is 3.03. The molecule has 1 amide bonds. The highest BCUT2D eigenvalue weighted by atomic mass is 16.2. The fraction of sp³-hybridized carbons (Fsp3) is 0.467. The van der Waals surface area contributed by atoms with E-state index in [1.165, 1.54) is 0 Å². The van der Waals surface area contributed by atoms with Crippen LogP contribution in [0.2, 0.25) is 0 Å². The number of benzene rings is 1. The molecular formula is C15H20N4O. The number of amides is 1. The molecule has 2 heterocycles. The molecule has 20 heavy (non-hydrogen) atoms. The Kier molecular flexibility index (Phi) is 3.22. The van der Waals surface area contributed by atoms with Crippen molar-refractivity contribution in [2.45, 2.75) is 13.0 Å². The lowest BCUT2D eigenvalue weighted by Crippen LogP contribution is -2.34. The van der Waals surface area contributed by atoms with Crippen molar-refractivity contribution in [2.75, 3.05) is 20.1 Å². The standard InChI is InChI=1S/C15H20N4O/c1-10-8-19(9-12(10)16-2)15(20)14-11-6-4-5-7-13(11)18(3)17-14/h4-7,10,12,16H,8-9H2,1-3H3/t10-,12+/m0/s1. The monoisotopic (exact) mass is 272 g/mol. The van der Waals surface area contributed by atoms with Gasteiger partial charge in [-0.05, 0) is 19.0 Å². The molecule has 1 aromatic carbocycles. The van der Waals surface area contributed by atoms with Crippen molar-refractivity contribution >= 4 is 16.8 Å². The summed E-state index contributed by atoms with van der Waals surface area (Å²) in [5.41, 5.74) is 1.56. The molecule has 1 fully saturated rings. The summed E-state index contributed by atoms with van der Waals surface area (Å²) in [6.45, 7) is 3.71. The van der Waals surface area contributed by atoms with E-state index in [1.807, 2.05) is 43.3 Å². The topological polar surface area (TPSA) is 50.2 Å². The molecule has 0 saturated carbocycles. The lowest BCUT2D eigenvalue weighted by Gasteiger charge is -2.15. The average Bonchev–Trinajstić information content (AvgIpc) is 3.00. The molecule has 0 aliphatic carbocycles. The minimum absolute atomic E-state index is 0.0337. The summed E-state index contributed by atoms with van der Waals surface area (Å²) in [6.07, 6.45) is 0. The van der Waals surface area contributed by atoms with Crippen LogP contribution in [0.25, 0.3) is 10.9 Å². The SMILES string of the molecule is CN[C@@H]1CN(C(=O)c2nn(C)c3ccccc23)C[C@@H]1C. The zero-order valence-corrected chi connectivity index (χ0v) is 12.1. The molecule has 2 atom stereocenters. The van der Waals surface area contributed by atoms with Crippen LogP contribution in [0.5, 0.6) is 0 Å². The first kappa shape index (κ1) is 13.1. The second kappa shape index (κ2) is 4.90. The number of nitrogens with one attached hydrogen (secondary N) is 1. The number of hydrogen-bond acceptors (Lipinski definition) is 3. The normalized spacial score (nSPS) is 22.6. The molecule has 3 rings (SSSR count). The van der Waals surface area contributed by atoms with Gasteiger partial charge in [0.25, 0.3) is 5.91 Å². The first-order valence-electron chi connectivity index (χ1n) is 7.00. The summed E-state index contributed by atoms with van der Waals surface area (Å²) in [6, 6.07) is 8.23. The average molecular weight is 272 g/mol. The van der Waals surface area contributed by atoms with Gasteiger partial charge in [0.1, 0.15) is 0 Å². The number of hydrogen-bond donors (Lipinski definition) is 1. The van der Waals surface area contributed by atoms with E-state index in [9.17, 15) is 4.79 Å². The van der Waals surface area contributed by atoms with Gasteiger partial charge in [-0.3, -0.25) is 9.48 Å². The van der Waals surface area contributed by atoms with Crippen molar-refractivity contribution in [3.63, 3.8) is 0 Å². The van der Waals surface area contributed by atoms with Gasteiger partial charge in [-0.15, -0.1) is 0 Å². The van der Waals surface area contributed by atoms with E-state index >= 15 is 0 Å². The summed E-state index contributed by atoms with van der Waals surface area (Å²) < 4.78 is 1.78. The van der Waals surface area contributed by atoms with Gasteiger partial charge in [0.15, 0.2) is 5.69 Å². The Balaban J connectivity index is 1.94. The zero-order chi connectivity index (χ0) is 14.3. The molecule has 2 aromatic rings. The molecule has 1 N–H and O–H groups in total. The van der Waals surface area contributed by atoms with E-state index in [1.54, 1.807) is 4.68 Å². The van der Waals surface area contributed by atoms with E-state index in [-0.39, 0.29) is 5.91 Å². The van der Waals surface area contributed by atoms with Crippen LogP contribution in [-0.4, -0.2) is 46.8 Å². The molecule has 1 aliphatic heterocycles. The van der Waals surface area contributed by atoms with Crippen LogP contribution in [0.4, 0.5) is 0 Å². The first-order valence-corrected chi connectivity index (χ1v) is 7.00. The van der Waals surface area contributed by atoms with E-state index in [0.717, 1.165) is 24.0 Å². The molecule has 5 nitrogen and oxygen atoms in total. The fourth-order valence-electron chi connectivity index (χ4n) is 3.03. The summed E-state index contributed by atoms with van der Waals surface area (Å²) in [7, 11) is 3.83. The maximum atomic E-state index is 12.7. The predicted molar refractivity (Wildman–Crippen MR) is 78.6 cm³/mol. The van der Waals surface area contributed by atoms with Crippen molar-refractivity contribution in [3.05, 3.63) is 30.0 Å². The molecule has 0 bridgehead atoms. The maximum Gasteiger partial charge on any atom is 0.275 e. The predicted octanol–water partition coefficient (Wildman–Crippen LogP) is 1.25. The molecule has 1 saturated heterocycles. The largest absolute Gasteiger partial charge is 0.335 e. The summed E-state index contributed by atoms with van der Waals surface area (Å²) >= 11 is 0. The lowest BCUT2D eigenvalue weighted by molar-refractivity contribution is 0.0781. The van der Waals surface area contributed by atoms with Gasteiger partial charge in [0.2, 0.25) is 0 Å². The summed E-state index contributed by atoms with van der Waals surface area (Å²) in [4.78, 5) is 14.6. The molecular weight excluding hydrogens is 252 g/mol. The highest BCUT2D eigenvalue weighted by molar-refractivity contribution is 6.04. The van der Waals surface area contributed by atoms with Crippen molar-refractivity contribution < 1.29 is 4.79 Å². The number of fused-ring (bicyclic) bond motifs is 1. The minimum atomic E-state index is 0.0337. The number of aromatic nitrogens is 2. The van der Waals surface area contributed by atoms with Gasteiger partial charge in [0.05, 0.1) is 5.52 Å². The van der Waals surface area contributed by atoms with Crippen molar-refractivity contribution in [1.82, 2.24) is 20.0 Å². The smallest absolute Gasteiger partial charge is 0.275 e. The van der Waals surface area contributed by atoms with Crippen LogP contribution in [0, 0.1) is 5.92 Å². The lowest BCUT2D eigenvalue weighted by atomic mass is 10.1. The number of aryl methyl sites for hydroxylation is 1. The molecule has 1 aromatic heterocycles. The third kappa shape index (κ3) is 1.98. The second-order valence-corrected chi connectivity index (χ2v) is 5.57. The number of likely N-dealkylation sites (N-methyl/N-ethyl adjacent to an activating group) is 1. The van der Waals surface area contributed by atoms with Crippen LogP contribution < -0.4 is 5.32 Å². The van der Waals surface area contributed by atoms with Crippen LogP contribution >= 0.6 is 0 Å². The number of para-hydroxylation sites is 1. The van der Waals surface area contributed by atoms with E-state index in [2.05, 4.69) is 17.3 Å². The Morgan fingerprint density at radius 3 is 2.80 bits per heavy atom. The number of likely N-dealkylation sites (tertiary alicyclic amines) is 1. The van der Waals surface area contributed by atoms with Gasteiger partial charge in [0, 0.05) is 31.6 Å². The summed E-state index contributed by atoms with van der Waals surface area (Å²) in [5.74, 6) is 0.505. The highest BCUT2D eigenvalue weighted by Crippen LogP contribution is 2.23. The quantitative estimate of drug-likeness (QED) is 0.895. The second-order valence-electron chi connectivity index (χ2n) is 5.57. The zero-order valence-electron chi connectivity index (χ0n) is 12.1. The molecule has 0 unspecified atom stereocenters. The van der Waals surface area contributed by atoms with E-state index in [4.69, 9.17) is 0 Å². The molecule has 5 heteroatoms. The number of rotatable bonds is 2. The van der Waals surface area contributed by atoms with Crippen molar-refractivity contribution in [3.8, 4) is 0 Å². The van der Waals surface area contributed by atoms with E-state index < -0.39 is 0 Å². The van der Waals surface area contributed by atoms with Gasteiger partial charge in [-0.2, -0.15) is 5.10 Å². The van der Waals surface area contributed by atoms with Crippen LogP contribution in [-0.2, 0) is 7.05 Å². The minimum Gasteiger partial charge on any atom is -0.335 e. The Hall–Kier alpha value is -1.88. The number of carbonyl (C=O) groups excluding carboxylic acids is 1. The third-order valence-electron chi connectivity index (χ3n) is 4.23. The molecule has 106 valence electrons. The third-order valence-corrected chi connectivity index (χ3v) is 4.23. The maximum absolute atomic E-state index is 12.7. The molecule has 0 spiro atoms. The Bertz CT molecular complexity index is 648. The first-order chi connectivity index (χ1) is 9.61. The van der Waals surface area contributed by atoms with Crippen LogP contribution in [0.1, 0.15) is 17.4 Å². The number of carbonyl (C=O) groups is 1. The Morgan fingerprint density at radius 1 is 1.35 bits per heavy atom. The molecule has 1 aliphatic rings. The molecule has 0 radical (unpaired) electrons. The Morgan fingerprint density at radius 2 is 2.10 bits per heavy atom. The van der Waals surface area contributed by atoms with Crippen LogP contribution in [0.15, 0.2) is 24.3 Å². The summed E-state index contributed by atoms with van der Waals surface area (Å²) in [5, 5.41) is 8.62. The highest BCUT2D eigenvalue weighted by Gasteiger charge is 2.33. The van der Waals surface area contributed by atoms with Gasteiger partial charge >= 0.3 is 0 Å². The number of nitrogens with zero attached hydrogens (tertiary/aromatic N) is 3. The van der Waals surface area contributed by atoms with Gasteiger partial charge in [-0.25, -0.2) is 0 Å². The van der Waals surface area contributed by atoms with Gasteiger partial charge in [-0.1, -0.05) is 25.1 Å². The van der Waals surface area contributed by atoms with Crippen LogP contribution in [0.3, 0.4) is 0 Å². The van der Waals surface area contributed by atoms with Gasteiger partial charge < -0.3 is 10.2 Å². The van der Waals surface area contributed by atoms with E-state index in [0.29, 0.717) is 17.7 Å². The van der Waals surface area contributed by atoms with Crippen molar-refractivity contribution in [2.24, 2.45) is 13.0 Å². The van der Waals surface area contributed by atoms with Crippen molar-refractivity contribution in [1.29, 1.82) is 0 Å². The Labute approximate surface area is 118 Å².